The first-order chi connectivity index (χ1) is 15.3. The van der Waals surface area contributed by atoms with Crippen molar-refractivity contribution in [1.29, 1.82) is 0 Å². The third-order valence-corrected chi connectivity index (χ3v) is 5.47. The van der Waals surface area contributed by atoms with Crippen molar-refractivity contribution >= 4 is 0 Å². The Morgan fingerprint density at radius 3 is 1.94 bits per heavy atom. The van der Waals surface area contributed by atoms with Crippen LogP contribution in [0.25, 0.3) is 0 Å². The van der Waals surface area contributed by atoms with Gasteiger partial charge >= 0.3 is 0 Å². The molecule has 0 aliphatic rings. The van der Waals surface area contributed by atoms with Crippen LogP contribution in [-0.4, -0.2) is 9.97 Å². The van der Waals surface area contributed by atoms with Gasteiger partial charge in [-0.15, -0.1) is 0 Å². The summed E-state index contributed by atoms with van der Waals surface area (Å²) in [6.07, 6.45) is 11.5. The van der Waals surface area contributed by atoms with E-state index in [1.54, 1.807) is 0 Å². The number of benzene rings is 2. The number of nitrogens with zero attached hydrogens (tertiary/aromatic N) is 2. The Balaban J connectivity index is 1.31. The molecule has 0 radical (unpaired) electrons. The molecule has 0 aliphatic carbocycles. The summed E-state index contributed by atoms with van der Waals surface area (Å²) >= 11 is 0. The largest absolute Gasteiger partial charge is 0.489 e. The second-order valence-corrected chi connectivity index (χ2v) is 7.84. The minimum atomic E-state index is 0.528. The van der Waals surface area contributed by atoms with Gasteiger partial charge in [-0.1, -0.05) is 43.3 Å². The average Bonchev–Trinajstić information content (AvgIpc) is 2.83. The molecule has 0 spiro atoms. The third-order valence-electron chi connectivity index (χ3n) is 5.47. The number of aryl methyl sites for hydroxylation is 3. The minimum absolute atomic E-state index is 0.528. The molecular weight excluding hydrogens is 380 g/mol. The smallest absolute Gasteiger partial charge is 0.119 e. The van der Waals surface area contributed by atoms with E-state index in [0.29, 0.717) is 6.61 Å². The van der Waals surface area contributed by atoms with Gasteiger partial charge in [-0.3, -0.25) is 9.97 Å². The van der Waals surface area contributed by atoms with Gasteiger partial charge in [-0.2, -0.15) is 0 Å². The van der Waals surface area contributed by atoms with Crippen molar-refractivity contribution in [1.82, 2.24) is 9.97 Å². The van der Waals surface area contributed by atoms with E-state index in [2.05, 4.69) is 71.5 Å². The molecule has 0 atom stereocenters. The van der Waals surface area contributed by atoms with Crippen molar-refractivity contribution < 1.29 is 4.74 Å². The van der Waals surface area contributed by atoms with E-state index >= 15 is 0 Å². The molecule has 0 bridgehead atoms. The van der Waals surface area contributed by atoms with Crippen molar-refractivity contribution in [3.05, 3.63) is 125 Å². The van der Waals surface area contributed by atoms with Gasteiger partial charge in [-0.05, 0) is 83.8 Å². The van der Waals surface area contributed by atoms with Gasteiger partial charge in [0.25, 0.3) is 0 Å². The molecule has 0 saturated heterocycles. The molecule has 2 aromatic carbocycles. The van der Waals surface area contributed by atoms with Crippen LogP contribution in [0.5, 0.6) is 5.75 Å². The molecule has 0 fully saturated rings. The van der Waals surface area contributed by atoms with Gasteiger partial charge in [0.05, 0.1) is 0 Å². The number of rotatable bonds is 9. The van der Waals surface area contributed by atoms with Gasteiger partial charge in [0.1, 0.15) is 12.4 Å². The summed E-state index contributed by atoms with van der Waals surface area (Å²) in [4.78, 5) is 8.49. The highest BCUT2D eigenvalue weighted by Crippen LogP contribution is 2.16. The lowest BCUT2D eigenvalue weighted by atomic mass is 10.0. The lowest BCUT2D eigenvalue weighted by Crippen LogP contribution is -1.99. The monoisotopic (exact) mass is 408 g/mol. The molecule has 2 heterocycles. The van der Waals surface area contributed by atoms with Gasteiger partial charge in [0, 0.05) is 30.4 Å². The van der Waals surface area contributed by atoms with Crippen molar-refractivity contribution in [2.24, 2.45) is 0 Å². The molecule has 0 amide bonds. The Kier molecular flexibility index (Phi) is 7.07. The highest BCUT2D eigenvalue weighted by molar-refractivity contribution is 5.31. The maximum absolute atomic E-state index is 5.93. The summed E-state index contributed by atoms with van der Waals surface area (Å²) in [5.41, 5.74) is 7.58. The Labute approximate surface area is 184 Å². The molecule has 31 heavy (non-hydrogen) atoms. The van der Waals surface area contributed by atoms with Crippen LogP contribution in [0.3, 0.4) is 0 Å². The summed E-state index contributed by atoms with van der Waals surface area (Å²) in [5.74, 6) is 0.893. The summed E-state index contributed by atoms with van der Waals surface area (Å²) in [6, 6.07) is 23.6. The molecular formula is C28H28N2O. The second-order valence-electron chi connectivity index (χ2n) is 7.84. The average molecular weight is 409 g/mol. The van der Waals surface area contributed by atoms with Crippen LogP contribution in [0.1, 0.15) is 40.3 Å². The van der Waals surface area contributed by atoms with Crippen LogP contribution < -0.4 is 4.74 Å². The predicted octanol–water partition coefficient (Wildman–Crippen LogP) is 5.99. The SMILES string of the molecule is CCc1ccc(OCc2cncc(Cc3ccc(CCc4ccncc4)cc3)c2)cc1. The Morgan fingerprint density at radius 2 is 1.23 bits per heavy atom. The van der Waals surface area contributed by atoms with Crippen molar-refractivity contribution in [2.45, 2.75) is 39.2 Å². The lowest BCUT2D eigenvalue weighted by Gasteiger charge is -2.09. The highest BCUT2D eigenvalue weighted by atomic mass is 16.5. The molecule has 4 aromatic rings. The molecule has 156 valence electrons. The molecule has 0 N–H and O–H groups in total. The van der Waals surface area contributed by atoms with Gasteiger partial charge in [0.2, 0.25) is 0 Å². The van der Waals surface area contributed by atoms with E-state index in [4.69, 9.17) is 4.74 Å². The van der Waals surface area contributed by atoms with Gasteiger partial charge in [-0.25, -0.2) is 0 Å². The van der Waals surface area contributed by atoms with Crippen LogP contribution in [-0.2, 0) is 32.3 Å². The number of hydrogen-bond acceptors (Lipinski definition) is 3. The van der Waals surface area contributed by atoms with E-state index < -0.39 is 0 Å². The Morgan fingerprint density at radius 1 is 0.613 bits per heavy atom. The molecule has 0 saturated carbocycles. The quantitative estimate of drug-likeness (QED) is 0.341. The van der Waals surface area contributed by atoms with Crippen LogP contribution in [0.4, 0.5) is 0 Å². The number of ether oxygens (including phenoxy) is 1. The zero-order chi connectivity index (χ0) is 21.3. The van der Waals surface area contributed by atoms with Crippen LogP contribution in [0.2, 0.25) is 0 Å². The maximum Gasteiger partial charge on any atom is 0.119 e. The number of pyridine rings is 2. The molecule has 3 heteroatoms. The first-order valence-electron chi connectivity index (χ1n) is 10.9. The third kappa shape index (κ3) is 6.26. The topological polar surface area (TPSA) is 35.0 Å². The van der Waals surface area contributed by atoms with Crippen molar-refractivity contribution in [3.8, 4) is 5.75 Å². The molecule has 2 aromatic heterocycles. The van der Waals surface area contributed by atoms with Crippen LogP contribution in [0.15, 0.2) is 91.5 Å². The van der Waals surface area contributed by atoms with E-state index in [1.165, 1.54) is 27.8 Å². The zero-order valence-electron chi connectivity index (χ0n) is 18.0. The highest BCUT2D eigenvalue weighted by Gasteiger charge is 2.03. The fourth-order valence-corrected chi connectivity index (χ4v) is 3.60. The predicted molar refractivity (Wildman–Crippen MR) is 125 cm³/mol. The van der Waals surface area contributed by atoms with Gasteiger partial charge < -0.3 is 4.74 Å². The minimum Gasteiger partial charge on any atom is -0.489 e. The molecule has 4 rings (SSSR count). The van der Waals surface area contributed by atoms with E-state index in [9.17, 15) is 0 Å². The number of hydrogen-bond donors (Lipinski definition) is 0. The molecule has 0 unspecified atom stereocenters. The first kappa shape index (κ1) is 20.8. The van der Waals surface area contributed by atoms with E-state index in [-0.39, 0.29) is 0 Å². The number of aromatic nitrogens is 2. The Bertz CT molecular complexity index is 1070. The lowest BCUT2D eigenvalue weighted by molar-refractivity contribution is 0.305. The first-order valence-corrected chi connectivity index (χ1v) is 10.9. The summed E-state index contributed by atoms with van der Waals surface area (Å²) in [6.45, 7) is 2.68. The van der Waals surface area contributed by atoms with Crippen LogP contribution >= 0.6 is 0 Å². The van der Waals surface area contributed by atoms with Gasteiger partial charge in [0.15, 0.2) is 0 Å². The Hall–Kier alpha value is -3.46. The zero-order valence-corrected chi connectivity index (χ0v) is 18.0. The summed E-state index contributed by atoms with van der Waals surface area (Å²) < 4.78 is 5.93. The van der Waals surface area contributed by atoms with Crippen molar-refractivity contribution in [3.63, 3.8) is 0 Å². The molecule has 3 nitrogen and oxygen atoms in total. The normalized spacial score (nSPS) is 10.7. The standard InChI is InChI=1S/C28H28N2O/c1-2-22-9-11-28(12-10-22)31-21-27-18-26(19-30-20-27)17-25-7-5-23(6-8-25)3-4-24-13-15-29-16-14-24/h5-16,18-20H,2-4,17,21H2,1H3. The van der Waals surface area contributed by atoms with Crippen LogP contribution in [0, 0.1) is 0 Å². The van der Waals surface area contributed by atoms with Crippen molar-refractivity contribution in [2.75, 3.05) is 0 Å². The van der Waals surface area contributed by atoms with E-state index in [1.807, 2.05) is 36.9 Å². The summed E-state index contributed by atoms with van der Waals surface area (Å²) in [7, 11) is 0. The fourth-order valence-electron chi connectivity index (χ4n) is 3.60. The fraction of sp³-hybridized carbons (Fsp3) is 0.214. The molecule has 0 aliphatic heterocycles. The summed E-state index contributed by atoms with van der Waals surface area (Å²) in [5, 5.41) is 0. The van der Waals surface area contributed by atoms with E-state index in [0.717, 1.165) is 37.0 Å². The maximum atomic E-state index is 5.93. The second kappa shape index (κ2) is 10.5.